The molecule has 4 nitrogen and oxygen atoms in total. The van der Waals surface area contributed by atoms with Crippen molar-refractivity contribution in [3.63, 3.8) is 0 Å². The van der Waals surface area contributed by atoms with Crippen molar-refractivity contribution in [2.24, 2.45) is 0 Å². The SMILES string of the molecule is CC(Cl)(Cl)C(O)(Cl)[N+](=O)[O-]. The standard InChI is InChI=1S/C3H4Cl3NO3/c1-2(4,5)3(6,8)7(9)10/h8H,1H3. The molecule has 0 bridgehead atoms. The van der Waals surface area contributed by atoms with Crippen molar-refractivity contribution in [2.45, 2.75) is 16.4 Å². The molecule has 0 spiro atoms. The lowest BCUT2D eigenvalue weighted by molar-refractivity contribution is -0.595. The van der Waals surface area contributed by atoms with E-state index in [-0.39, 0.29) is 0 Å². The average molecular weight is 208 g/mol. The minimum atomic E-state index is -2.84. The van der Waals surface area contributed by atoms with Crippen LogP contribution in [0.25, 0.3) is 0 Å². The fourth-order valence-electron chi connectivity index (χ4n) is 0.160. The number of hydrogen-bond donors (Lipinski definition) is 1. The third-order valence-electron chi connectivity index (χ3n) is 0.801. The van der Waals surface area contributed by atoms with Gasteiger partial charge in [0.1, 0.15) is 0 Å². The first-order valence-electron chi connectivity index (χ1n) is 2.13. The van der Waals surface area contributed by atoms with E-state index in [9.17, 15) is 10.1 Å². The summed E-state index contributed by atoms with van der Waals surface area (Å²) in [5.41, 5.74) is 0. The highest BCUT2D eigenvalue weighted by atomic mass is 35.5. The van der Waals surface area contributed by atoms with Gasteiger partial charge in [-0.3, -0.25) is 10.1 Å². The van der Waals surface area contributed by atoms with Gasteiger partial charge < -0.3 is 5.11 Å². The molecular weight excluding hydrogens is 204 g/mol. The number of nitrogens with zero attached hydrogens (tertiary/aromatic N) is 1. The maximum atomic E-state index is 9.92. The molecule has 0 aromatic rings. The monoisotopic (exact) mass is 207 g/mol. The average Bonchev–Trinajstić information content (AvgIpc) is 1.62. The van der Waals surface area contributed by atoms with Crippen LogP contribution in [-0.4, -0.2) is 19.5 Å². The number of nitro groups is 1. The molecule has 0 aromatic carbocycles. The lowest BCUT2D eigenvalue weighted by Gasteiger charge is -2.20. The Morgan fingerprint density at radius 1 is 1.50 bits per heavy atom. The summed E-state index contributed by atoms with van der Waals surface area (Å²) in [6, 6.07) is 0. The summed E-state index contributed by atoms with van der Waals surface area (Å²) in [6.45, 7) is 1.02. The fourth-order valence-corrected chi connectivity index (χ4v) is 0.298. The molecule has 0 radical (unpaired) electrons. The van der Waals surface area contributed by atoms with Crippen molar-refractivity contribution in [1.82, 2.24) is 0 Å². The van der Waals surface area contributed by atoms with Gasteiger partial charge in [-0.1, -0.05) is 23.2 Å². The van der Waals surface area contributed by atoms with Crippen LogP contribution in [-0.2, 0) is 0 Å². The van der Waals surface area contributed by atoms with Crippen LogP contribution in [0.3, 0.4) is 0 Å². The van der Waals surface area contributed by atoms with E-state index in [4.69, 9.17) is 39.9 Å². The molecule has 0 aliphatic carbocycles. The predicted octanol–water partition coefficient (Wildman–Crippen LogP) is 1.34. The number of alkyl halides is 3. The van der Waals surface area contributed by atoms with Crippen molar-refractivity contribution < 1.29 is 10.0 Å². The zero-order valence-corrected chi connectivity index (χ0v) is 7.11. The van der Waals surface area contributed by atoms with Gasteiger partial charge in [-0.25, -0.2) is 0 Å². The summed E-state index contributed by atoms with van der Waals surface area (Å²) in [4.78, 5) is 8.75. The van der Waals surface area contributed by atoms with Crippen molar-refractivity contribution in [3.05, 3.63) is 10.1 Å². The summed E-state index contributed by atoms with van der Waals surface area (Å²) in [5.74, 6) is 0. The molecule has 7 heteroatoms. The van der Waals surface area contributed by atoms with Gasteiger partial charge in [0, 0.05) is 0 Å². The number of halogens is 3. The maximum Gasteiger partial charge on any atom is 0.434 e. The Balaban J connectivity index is 4.57. The van der Waals surface area contributed by atoms with Crippen LogP contribution < -0.4 is 0 Å². The Bertz CT molecular complexity index is 152. The molecule has 10 heavy (non-hydrogen) atoms. The second kappa shape index (κ2) is 2.70. The van der Waals surface area contributed by atoms with Crippen molar-refractivity contribution in [2.75, 3.05) is 0 Å². The predicted molar refractivity (Wildman–Crippen MR) is 37.9 cm³/mol. The first-order valence-corrected chi connectivity index (χ1v) is 3.26. The molecule has 0 aliphatic rings. The van der Waals surface area contributed by atoms with Crippen molar-refractivity contribution in [1.29, 1.82) is 0 Å². The van der Waals surface area contributed by atoms with Gasteiger partial charge in [-0.2, -0.15) is 0 Å². The van der Waals surface area contributed by atoms with Crippen LogP contribution >= 0.6 is 34.8 Å². The molecule has 0 rings (SSSR count). The molecular formula is C3H4Cl3NO3. The summed E-state index contributed by atoms with van der Waals surface area (Å²) >= 11 is 15.3. The Morgan fingerprint density at radius 3 is 1.80 bits per heavy atom. The van der Waals surface area contributed by atoms with E-state index in [1.54, 1.807) is 0 Å². The molecule has 0 saturated carbocycles. The molecule has 1 N–H and O–H groups in total. The Labute approximate surface area is 71.8 Å². The number of rotatable bonds is 2. The first kappa shape index (κ1) is 10.2. The normalized spacial score (nSPS) is 18.1. The van der Waals surface area contributed by atoms with E-state index in [0.29, 0.717) is 0 Å². The van der Waals surface area contributed by atoms with E-state index in [1.165, 1.54) is 0 Å². The lowest BCUT2D eigenvalue weighted by atomic mass is 10.4. The molecule has 0 heterocycles. The molecule has 0 aromatic heterocycles. The van der Waals surface area contributed by atoms with Crippen LogP contribution in [0.15, 0.2) is 0 Å². The Kier molecular flexibility index (Phi) is 2.76. The number of hydrogen-bond acceptors (Lipinski definition) is 3. The first-order chi connectivity index (χ1) is 4.19. The molecule has 0 amide bonds. The number of aliphatic hydroxyl groups is 1. The van der Waals surface area contributed by atoms with Crippen LogP contribution in [0.4, 0.5) is 0 Å². The van der Waals surface area contributed by atoms with E-state index in [0.717, 1.165) is 6.92 Å². The van der Waals surface area contributed by atoms with Gasteiger partial charge in [-0.15, -0.1) is 0 Å². The zero-order chi connectivity index (χ0) is 8.58. The molecule has 1 atom stereocenters. The second-order valence-electron chi connectivity index (χ2n) is 1.73. The second-order valence-corrected chi connectivity index (χ2v) is 3.96. The maximum absolute atomic E-state index is 9.92. The molecule has 60 valence electrons. The van der Waals surface area contributed by atoms with Gasteiger partial charge in [0.25, 0.3) is 0 Å². The smallest absolute Gasteiger partial charge is 0.315 e. The van der Waals surface area contributed by atoms with E-state index >= 15 is 0 Å². The van der Waals surface area contributed by atoms with Crippen LogP contribution in [0.1, 0.15) is 6.92 Å². The summed E-state index contributed by atoms with van der Waals surface area (Å²) in [6.07, 6.45) is 0. The van der Waals surface area contributed by atoms with Crippen molar-refractivity contribution >= 4 is 34.8 Å². The Hall–Kier alpha value is 0.230. The lowest BCUT2D eigenvalue weighted by Crippen LogP contribution is -2.46. The van der Waals surface area contributed by atoms with Gasteiger partial charge in [0.15, 0.2) is 0 Å². The van der Waals surface area contributed by atoms with E-state index < -0.39 is 14.4 Å². The summed E-state index contributed by atoms with van der Waals surface area (Å²) in [5, 5.41) is 15.8. The molecule has 0 aliphatic heterocycles. The van der Waals surface area contributed by atoms with E-state index in [2.05, 4.69) is 0 Å². The van der Waals surface area contributed by atoms with Gasteiger partial charge >= 0.3 is 5.18 Å². The largest absolute Gasteiger partial charge is 0.434 e. The summed E-state index contributed by atoms with van der Waals surface area (Å²) < 4.78 is -2.02. The van der Waals surface area contributed by atoms with Crippen LogP contribution in [0, 0.1) is 10.1 Å². The minimum Gasteiger partial charge on any atom is -0.315 e. The molecule has 1 unspecified atom stereocenters. The highest BCUT2D eigenvalue weighted by molar-refractivity contribution is 6.52. The third-order valence-corrected chi connectivity index (χ3v) is 2.04. The molecule has 0 saturated heterocycles. The van der Waals surface area contributed by atoms with E-state index in [1.807, 2.05) is 0 Å². The van der Waals surface area contributed by atoms with Gasteiger partial charge in [-0.05, 0) is 18.5 Å². The van der Waals surface area contributed by atoms with Crippen LogP contribution in [0.2, 0.25) is 0 Å². The van der Waals surface area contributed by atoms with Gasteiger partial charge in [0.2, 0.25) is 4.33 Å². The fraction of sp³-hybridized carbons (Fsp3) is 1.00. The Morgan fingerprint density at radius 2 is 1.80 bits per heavy atom. The minimum absolute atomic E-state index is 1.02. The molecule has 0 fully saturated rings. The highest BCUT2D eigenvalue weighted by Gasteiger charge is 2.55. The zero-order valence-electron chi connectivity index (χ0n) is 4.84. The summed E-state index contributed by atoms with van der Waals surface area (Å²) in [7, 11) is 0. The van der Waals surface area contributed by atoms with Gasteiger partial charge in [0.05, 0.1) is 4.92 Å². The third kappa shape index (κ3) is 1.85. The highest BCUT2D eigenvalue weighted by Crippen LogP contribution is 2.36. The quantitative estimate of drug-likeness (QED) is 0.245. The van der Waals surface area contributed by atoms with Crippen LogP contribution in [0.5, 0.6) is 0 Å². The topological polar surface area (TPSA) is 63.4 Å². The van der Waals surface area contributed by atoms with Crippen molar-refractivity contribution in [3.8, 4) is 0 Å².